The number of carbonyl (C=O) groups excluding carboxylic acids is 2. The van der Waals surface area contributed by atoms with Crippen LogP contribution in [0.25, 0.3) is 0 Å². The van der Waals surface area contributed by atoms with Crippen molar-refractivity contribution in [3.63, 3.8) is 0 Å². The van der Waals surface area contributed by atoms with Crippen LogP contribution in [0.3, 0.4) is 0 Å². The minimum Gasteiger partial charge on any atom is -0.454 e. The Morgan fingerprint density at radius 1 is 1.11 bits per heavy atom. The van der Waals surface area contributed by atoms with Gasteiger partial charge in [-0.25, -0.2) is 4.79 Å². The van der Waals surface area contributed by atoms with Crippen molar-refractivity contribution in [2.24, 2.45) is 0 Å². The van der Waals surface area contributed by atoms with E-state index in [1.165, 1.54) is 25.1 Å². The third kappa shape index (κ3) is 4.63. The van der Waals surface area contributed by atoms with Crippen molar-refractivity contribution in [2.75, 3.05) is 12.1 Å². The summed E-state index contributed by atoms with van der Waals surface area (Å²) in [6.45, 7) is -1.52. The molecule has 9 heteroatoms. The lowest BCUT2D eigenvalue weighted by Crippen LogP contribution is -2.30. The predicted octanol–water partition coefficient (Wildman–Crippen LogP) is 3.20. The number of rotatable bonds is 6. The number of hydrogen-bond donors (Lipinski definition) is 1. The fourth-order valence-corrected chi connectivity index (χ4v) is 2.30. The molecule has 0 bridgehead atoms. The Kier molecular flexibility index (Phi) is 5.39. The standard InChI is InChI=1S/C18H15F2NO6/c1-10(16(22)21-12-5-6-14-15(8-12)25-9-24-14)26-17(23)11-3-2-4-13(7-11)27-18(19)20/h2-8,10,18H,9H2,1H3,(H,21,22). The van der Waals surface area contributed by atoms with Gasteiger partial charge in [0.25, 0.3) is 5.91 Å². The fraction of sp³-hybridized carbons (Fsp3) is 0.222. The molecule has 142 valence electrons. The first-order chi connectivity index (χ1) is 12.9. The van der Waals surface area contributed by atoms with Gasteiger partial charge in [-0.1, -0.05) is 6.07 Å². The second-order valence-electron chi connectivity index (χ2n) is 5.51. The first-order valence-corrected chi connectivity index (χ1v) is 7.89. The lowest BCUT2D eigenvalue weighted by atomic mass is 10.2. The van der Waals surface area contributed by atoms with Gasteiger partial charge in [-0.2, -0.15) is 8.78 Å². The van der Waals surface area contributed by atoms with Crippen LogP contribution in [0.1, 0.15) is 17.3 Å². The summed E-state index contributed by atoms with van der Waals surface area (Å²) >= 11 is 0. The van der Waals surface area contributed by atoms with Crippen LogP contribution in [-0.2, 0) is 9.53 Å². The van der Waals surface area contributed by atoms with E-state index < -0.39 is 24.6 Å². The summed E-state index contributed by atoms with van der Waals surface area (Å²) in [5.41, 5.74) is 0.426. The monoisotopic (exact) mass is 379 g/mol. The van der Waals surface area contributed by atoms with Crippen molar-refractivity contribution >= 4 is 17.6 Å². The zero-order valence-electron chi connectivity index (χ0n) is 14.1. The number of hydrogen-bond acceptors (Lipinski definition) is 6. The molecule has 1 N–H and O–H groups in total. The van der Waals surface area contributed by atoms with E-state index in [9.17, 15) is 18.4 Å². The van der Waals surface area contributed by atoms with E-state index in [-0.39, 0.29) is 18.1 Å². The van der Waals surface area contributed by atoms with Crippen molar-refractivity contribution in [3.05, 3.63) is 48.0 Å². The summed E-state index contributed by atoms with van der Waals surface area (Å²) in [7, 11) is 0. The SMILES string of the molecule is CC(OC(=O)c1cccc(OC(F)F)c1)C(=O)Nc1ccc2c(c1)OCO2. The number of benzene rings is 2. The van der Waals surface area contributed by atoms with Gasteiger partial charge in [-0.05, 0) is 37.3 Å². The second-order valence-corrected chi connectivity index (χ2v) is 5.51. The molecule has 1 amide bonds. The molecule has 0 aromatic heterocycles. The number of esters is 1. The highest BCUT2D eigenvalue weighted by Gasteiger charge is 2.21. The summed E-state index contributed by atoms with van der Waals surface area (Å²) in [6.07, 6.45) is -1.12. The van der Waals surface area contributed by atoms with Gasteiger partial charge in [-0.15, -0.1) is 0 Å². The number of halogens is 2. The number of fused-ring (bicyclic) bond motifs is 1. The number of anilines is 1. The lowest BCUT2D eigenvalue weighted by molar-refractivity contribution is -0.123. The Morgan fingerprint density at radius 2 is 1.89 bits per heavy atom. The zero-order valence-corrected chi connectivity index (χ0v) is 14.1. The number of ether oxygens (including phenoxy) is 4. The maximum Gasteiger partial charge on any atom is 0.387 e. The van der Waals surface area contributed by atoms with Crippen molar-refractivity contribution in [1.82, 2.24) is 0 Å². The highest BCUT2D eigenvalue weighted by atomic mass is 19.3. The third-order valence-corrected chi connectivity index (χ3v) is 3.59. The van der Waals surface area contributed by atoms with Gasteiger partial charge in [0.2, 0.25) is 6.79 Å². The van der Waals surface area contributed by atoms with E-state index in [2.05, 4.69) is 10.1 Å². The molecule has 1 unspecified atom stereocenters. The van der Waals surface area contributed by atoms with E-state index in [0.717, 1.165) is 6.07 Å². The van der Waals surface area contributed by atoms with E-state index in [1.54, 1.807) is 18.2 Å². The summed E-state index contributed by atoms with van der Waals surface area (Å²) in [6, 6.07) is 9.96. The Balaban J connectivity index is 1.60. The van der Waals surface area contributed by atoms with Gasteiger partial charge in [0.15, 0.2) is 17.6 Å². The maximum absolute atomic E-state index is 12.3. The van der Waals surface area contributed by atoms with Gasteiger partial charge in [-0.3, -0.25) is 4.79 Å². The molecule has 0 saturated carbocycles. The summed E-state index contributed by atoms with van der Waals surface area (Å²) in [5, 5.41) is 2.59. The molecule has 0 saturated heterocycles. The highest BCUT2D eigenvalue weighted by Crippen LogP contribution is 2.34. The van der Waals surface area contributed by atoms with Crippen molar-refractivity contribution in [3.8, 4) is 17.2 Å². The molecule has 1 aliphatic heterocycles. The van der Waals surface area contributed by atoms with Crippen molar-refractivity contribution in [2.45, 2.75) is 19.6 Å². The predicted molar refractivity (Wildman–Crippen MR) is 89.1 cm³/mol. The van der Waals surface area contributed by atoms with Crippen LogP contribution in [0.2, 0.25) is 0 Å². The summed E-state index contributed by atoms with van der Waals surface area (Å²) < 4.78 is 44.2. The molecule has 0 radical (unpaired) electrons. The minimum absolute atomic E-state index is 0.0177. The van der Waals surface area contributed by atoms with E-state index in [1.807, 2.05) is 0 Å². The highest BCUT2D eigenvalue weighted by molar-refractivity contribution is 5.97. The van der Waals surface area contributed by atoms with Crippen LogP contribution >= 0.6 is 0 Å². The zero-order chi connectivity index (χ0) is 19.4. The summed E-state index contributed by atoms with van der Waals surface area (Å²) in [4.78, 5) is 24.3. The molecule has 2 aromatic carbocycles. The molecule has 0 spiro atoms. The van der Waals surface area contributed by atoms with Crippen LogP contribution in [-0.4, -0.2) is 31.4 Å². The molecule has 0 fully saturated rings. The Morgan fingerprint density at radius 3 is 2.67 bits per heavy atom. The van der Waals surface area contributed by atoms with Gasteiger partial charge in [0.05, 0.1) is 5.56 Å². The van der Waals surface area contributed by atoms with Crippen LogP contribution < -0.4 is 19.5 Å². The normalized spacial score (nSPS) is 13.2. The summed E-state index contributed by atoms with van der Waals surface area (Å²) in [5.74, 6) is -0.533. The Labute approximate surface area is 152 Å². The van der Waals surface area contributed by atoms with Crippen LogP contribution in [0.15, 0.2) is 42.5 Å². The van der Waals surface area contributed by atoms with E-state index in [4.69, 9.17) is 14.2 Å². The number of carbonyl (C=O) groups is 2. The fourth-order valence-electron chi connectivity index (χ4n) is 2.30. The Hall–Kier alpha value is -3.36. The third-order valence-electron chi connectivity index (χ3n) is 3.59. The largest absolute Gasteiger partial charge is 0.454 e. The molecular formula is C18H15F2NO6. The van der Waals surface area contributed by atoms with Crippen LogP contribution in [0, 0.1) is 0 Å². The molecule has 2 aromatic rings. The molecule has 1 atom stereocenters. The molecule has 7 nitrogen and oxygen atoms in total. The quantitative estimate of drug-likeness (QED) is 0.776. The molecule has 1 aliphatic rings. The minimum atomic E-state index is -3.01. The molecule has 27 heavy (non-hydrogen) atoms. The number of amides is 1. The smallest absolute Gasteiger partial charge is 0.387 e. The Bertz CT molecular complexity index is 857. The first-order valence-electron chi connectivity index (χ1n) is 7.89. The van der Waals surface area contributed by atoms with Crippen molar-refractivity contribution < 1.29 is 37.3 Å². The lowest BCUT2D eigenvalue weighted by Gasteiger charge is -2.14. The van der Waals surface area contributed by atoms with Gasteiger partial charge >= 0.3 is 12.6 Å². The average Bonchev–Trinajstić information content (AvgIpc) is 3.09. The maximum atomic E-state index is 12.3. The number of nitrogens with one attached hydrogen (secondary N) is 1. The molecule has 0 aliphatic carbocycles. The van der Waals surface area contributed by atoms with Gasteiger partial charge in [0, 0.05) is 11.8 Å². The van der Waals surface area contributed by atoms with Crippen molar-refractivity contribution in [1.29, 1.82) is 0 Å². The second kappa shape index (κ2) is 7.90. The van der Waals surface area contributed by atoms with Crippen LogP contribution in [0.5, 0.6) is 17.2 Å². The van der Waals surface area contributed by atoms with Crippen LogP contribution in [0.4, 0.5) is 14.5 Å². The van der Waals surface area contributed by atoms with E-state index in [0.29, 0.717) is 17.2 Å². The van der Waals surface area contributed by atoms with E-state index >= 15 is 0 Å². The molecule has 1 heterocycles. The first kappa shape index (κ1) is 18.4. The topological polar surface area (TPSA) is 83.1 Å². The number of alkyl halides is 2. The van der Waals surface area contributed by atoms with Gasteiger partial charge in [0.1, 0.15) is 5.75 Å². The molecular weight excluding hydrogens is 364 g/mol. The molecule has 3 rings (SSSR count). The van der Waals surface area contributed by atoms with Gasteiger partial charge < -0.3 is 24.3 Å². The average molecular weight is 379 g/mol.